The number of hydrogen-bond donors (Lipinski definition) is 2. The third kappa shape index (κ3) is 4.85. The number of rotatable bonds is 6. The first-order valence-corrected chi connectivity index (χ1v) is 7.25. The van der Waals surface area contributed by atoms with Crippen LogP contribution in [0.15, 0.2) is 30.3 Å². The second kappa shape index (κ2) is 6.14. The van der Waals surface area contributed by atoms with Crippen LogP contribution in [0.4, 0.5) is 0 Å². The molecule has 1 rings (SSSR count). The Kier molecular flexibility index (Phi) is 5.11. The summed E-state index contributed by atoms with van der Waals surface area (Å²) in [6, 6.07) is 9.06. The van der Waals surface area contributed by atoms with Crippen molar-refractivity contribution in [2.75, 3.05) is 12.4 Å². The lowest BCUT2D eigenvalue weighted by atomic mass is 10.0. The lowest BCUT2D eigenvalue weighted by molar-refractivity contribution is 0.265. The van der Waals surface area contributed by atoms with Gasteiger partial charge in [0, 0.05) is 6.04 Å². The molecule has 1 aromatic rings. The minimum atomic E-state index is -3.35. The van der Waals surface area contributed by atoms with Crippen LogP contribution in [0.2, 0.25) is 0 Å². The summed E-state index contributed by atoms with van der Waals surface area (Å²) in [4.78, 5) is 0. The molecule has 0 aliphatic heterocycles. The second-order valence-corrected chi connectivity index (χ2v) is 6.09. The number of hydrogen-bond acceptors (Lipinski definition) is 3. The molecule has 2 atom stereocenters. The third-order valence-corrected chi connectivity index (χ3v) is 4.19. The van der Waals surface area contributed by atoms with Gasteiger partial charge in [-0.25, -0.2) is 13.1 Å². The molecule has 1 aromatic carbocycles. The Morgan fingerprint density at radius 1 is 1.24 bits per heavy atom. The maximum Gasteiger partial charge on any atom is 0.212 e. The zero-order valence-corrected chi connectivity index (χ0v) is 10.9. The molecule has 0 bridgehead atoms. The molecule has 0 aliphatic carbocycles. The average molecular weight is 257 g/mol. The fourth-order valence-electron chi connectivity index (χ4n) is 1.60. The highest BCUT2D eigenvalue weighted by molar-refractivity contribution is 7.89. The van der Waals surface area contributed by atoms with Crippen LogP contribution in [-0.4, -0.2) is 31.9 Å². The van der Waals surface area contributed by atoms with Crippen LogP contribution in [0.25, 0.3) is 0 Å². The molecule has 4 nitrogen and oxygen atoms in total. The first kappa shape index (κ1) is 14.2. The highest BCUT2D eigenvalue weighted by Gasteiger charge is 2.18. The van der Waals surface area contributed by atoms with Gasteiger partial charge in [0.15, 0.2) is 0 Å². The molecule has 5 heteroatoms. The van der Waals surface area contributed by atoms with Crippen molar-refractivity contribution in [1.29, 1.82) is 0 Å². The first-order chi connectivity index (χ1) is 7.94. The van der Waals surface area contributed by atoms with Crippen molar-refractivity contribution < 1.29 is 13.5 Å². The first-order valence-electron chi connectivity index (χ1n) is 5.60. The number of benzene rings is 1. The predicted octanol–water partition coefficient (Wildman–Crippen LogP) is 1.09. The van der Waals surface area contributed by atoms with Crippen molar-refractivity contribution in [2.24, 2.45) is 0 Å². The molecule has 0 spiro atoms. The molecule has 0 saturated carbocycles. The van der Waals surface area contributed by atoms with E-state index < -0.39 is 16.1 Å². The summed E-state index contributed by atoms with van der Waals surface area (Å²) in [7, 11) is -3.35. The van der Waals surface area contributed by atoms with E-state index >= 15 is 0 Å². The molecular formula is C12H19NO3S. The van der Waals surface area contributed by atoms with Crippen LogP contribution in [0.1, 0.15) is 25.3 Å². The minimum absolute atomic E-state index is 0.0291. The van der Waals surface area contributed by atoms with E-state index in [1.807, 2.05) is 37.3 Å². The maximum atomic E-state index is 11.8. The molecular weight excluding hydrogens is 238 g/mol. The van der Waals surface area contributed by atoms with Crippen molar-refractivity contribution in [2.45, 2.75) is 25.8 Å². The van der Waals surface area contributed by atoms with Gasteiger partial charge in [0.2, 0.25) is 10.0 Å². The smallest absolute Gasteiger partial charge is 0.212 e. The van der Waals surface area contributed by atoms with Gasteiger partial charge in [-0.2, -0.15) is 0 Å². The quantitative estimate of drug-likeness (QED) is 0.801. The summed E-state index contributed by atoms with van der Waals surface area (Å²) in [6.07, 6.45) is 0. The van der Waals surface area contributed by atoms with Crippen LogP contribution in [0.3, 0.4) is 0 Å². The highest BCUT2D eigenvalue weighted by Crippen LogP contribution is 2.16. The Morgan fingerprint density at radius 3 is 2.35 bits per heavy atom. The molecule has 0 aliphatic rings. The Morgan fingerprint density at radius 2 is 1.82 bits per heavy atom. The molecule has 0 aromatic heterocycles. The normalized spacial score (nSPS) is 15.5. The maximum absolute atomic E-state index is 11.8. The van der Waals surface area contributed by atoms with Crippen LogP contribution < -0.4 is 4.72 Å². The summed E-state index contributed by atoms with van der Waals surface area (Å²) in [5.74, 6) is -0.0407. The summed E-state index contributed by atoms with van der Waals surface area (Å²) >= 11 is 0. The Hall–Kier alpha value is -0.910. The summed E-state index contributed by atoms with van der Waals surface area (Å²) in [6.45, 7) is 3.31. The summed E-state index contributed by atoms with van der Waals surface area (Å²) < 4.78 is 26.0. The Bertz CT molecular complexity index is 430. The minimum Gasteiger partial charge on any atom is -0.395 e. The zero-order valence-electron chi connectivity index (χ0n) is 10.1. The Labute approximate surface area is 103 Å². The SMILES string of the molecule is CC(CO)NS(=O)(=O)CC(C)c1ccccc1. The van der Waals surface area contributed by atoms with E-state index in [1.54, 1.807) is 6.92 Å². The van der Waals surface area contributed by atoms with Gasteiger partial charge in [-0.05, 0) is 18.4 Å². The molecule has 17 heavy (non-hydrogen) atoms. The molecule has 0 saturated heterocycles. The van der Waals surface area contributed by atoms with Gasteiger partial charge in [-0.1, -0.05) is 37.3 Å². The number of aliphatic hydroxyl groups excluding tert-OH is 1. The fourth-order valence-corrected chi connectivity index (χ4v) is 3.23. The van der Waals surface area contributed by atoms with Gasteiger partial charge in [0.05, 0.1) is 12.4 Å². The van der Waals surface area contributed by atoms with Gasteiger partial charge in [-0.15, -0.1) is 0 Å². The molecule has 0 fully saturated rings. The molecule has 0 amide bonds. The second-order valence-electron chi connectivity index (χ2n) is 4.29. The van der Waals surface area contributed by atoms with Gasteiger partial charge < -0.3 is 5.11 Å². The monoisotopic (exact) mass is 257 g/mol. The third-order valence-electron chi connectivity index (χ3n) is 2.49. The Balaban J connectivity index is 2.65. The van der Waals surface area contributed by atoms with E-state index in [-0.39, 0.29) is 18.3 Å². The number of sulfonamides is 1. The van der Waals surface area contributed by atoms with E-state index in [1.165, 1.54) is 0 Å². The molecule has 0 heterocycles. The van der Waals surface area contributed by atoms with E-state index in [4.69, 9.17) is 5.11 Å². The van der Waals surface area contributed by atoms with Crippen molar-refractivity contribution in [3.05, 3.63) is 35.9 Å². The zero-order chi connectivity index (χ0) is 12.9. The topological polar surface area (TPSA) is 66.4 Å². The lowest BCUT2D eigenvalue weighted by Gasteiger charge is -2.15. The molecule has 96 valence electrons. The van der Waals surface area contributed by atoms with Gasteiger partial charge >= 0.3 is 0 Å². The van der Waals surface area contributed by atoms with Crippen LogP contribution in [0.5, 0.6) is 0 Å². The standard InChI is InChI=1S/C12H19NO3S/c1-10(12-6-4-3-5-7-12)9-17(15,16)13-11(2)8-14/h3-7,10-11,13-14H,8-9H2,1-2H3. The predicted molar refractivity (Wildman–Crippen MR) is 68.3 cm³/mol. The molecule has 0 radical (unpaired) electrons. The van der Waals surface area contributed by atoms with E-state index in [9.17, 15) is 8.42 Å². The van der Waals surface area contributed by atoms with Crippen molar-refractivity contribution in [3.63, 3.8) is 0 Å². The molecule has 2 unspecified atom stereocenters. The van der Waals surface area contributed by atoms with E-state index in [0.717, 1.165) is 5.56 Å². The van der Waals surface area contributed by atoms with Crippen LogP contribution in [0, 0.1) is 0 Å². The van der Waals surface area contributed by atoms with Crippen molar-refractivity contribution >= 4 is 10.0 Å². The highest BCUT2D eigenvalue weighted by atomic mass is 32.2. The number of nitrogens with one attached hydrogen (secondary N) is 1. The lowest BCUT2D eigenvalue weighted by Crippen LogP contribution is -2.37. The largest absolute Gasteiger partial charge is 0.395 e. The van der Waals surface area contributed by atoms with E-state index in [2.05, 4.69) is 4.72 Å². The molecule has 2 N–H and O–H groups in total. The van der Waals surface area contributed by atoms with Crippen molar-refractivity contribution in [1.82, 2.24) is 4.72 Å². The van der Waals surface area contributed by atoms with Gasteiger partial charge in [0.25, 0.3) is 0 Å². The van der Waals surface area contributed by atoms with Crippen LogP contribution >= 0.6 is 0 Å². The van der Waals surface area contributed by atoms with E-state index in [0.29, 0.717) is 0 Å². The van der Waals surface area contributed by atoms with Gasteiger partial charge in [0.1, 0.15) is 0 Å². The van der Waals surface area contributed by atoms with Gasteiger partial charge in [-0.3, -0.25) is 0 Å². The van der Waals surface area contributed by atoms with Crippen LogP contribution in [-0.2, 0) is 10.0 Å². The summed E-state index contributed by atoms with van der Waals surface area (Å²) in [5, 5.41) is 8.82. The van der Waals surface area contributed by atoms with Crippen molar-refractivity contribution in [3.8, 4) is 0 Å². The summed E-state index contributed by atoms with van der Waals surface area (Å²) in [5.41, 5.74) is 0.995. The average Bonchev–Trinajstić information content (AvgIpc) is 2.28. The fraction of sp³-hybridized carbons (Fsp3) is 0.500. The number of aliphatic hydroxyl groups is 1.